The molecule has 1 amide bonds. The highest BCUT2D eigenvalue weighted by Crippen LogP contribution is 2.21. The third-order valence-corrected chi connectivity index (χ3v) is 3.67. The van der Waals surface area contributed by atoms with Crippen LogP contribution in [0.15, 0.2) is 47.4 Å². The molecule has 0 aliphatic rings. The second-order valence-electron chi connectivity index (χ2n) is 4.41. The van der Waals surface area contributed by atoms with E-state index in [1.807, 2.05) is 50.2 Å². The quantitative estimate of drug-likeness (QED) is 0.830. The molecule has 0 spiro atoms. The molecule has 1 N–H and O–H groups in total. The van der Waals surface area contributed by atoms with Gasteiger partial charge in [-0.2, -0.15) is 0 Å². The van der Waals surface area contributed by atoms with Gasteiger partial charge in [0.1, 0.15) is 11.6 Å². The minimum absolute atomic E-state index is 0.0630. The Kier molecular flexibility index (Phi) is 5.63. The summed E-state index contributed by atoms with van der Waals surface area (Å²) in [5.74, 6) is 1.72. The van der Waals surface area contributed by atoms with Crippen LogP contribution in [-0.4, -0.2) is 23.3 Å². The molecular formula is C16H18N2O2S. The van der Waals surface area contributed by atoms with E-state index in [-0.39, 0.29) is 5.91 Å². The lowest BCUT2D eigenvalue weighted by Crippen LogP contribution is -2.15. The van der Waals surface area contributed by atoms with Gasteiger partial charge in [-0.1, -0.05) is 6.07 Å². The summed E-state index contributed by atoms with van der Waals surface area (Å²) < 4.78 is 5.38. The van der Waals surface area contributed by atoms with Crippen LogP contribution in [-0.2, 0) is 4.79 Å². The van der Waals surface area contributed by atoms with Crippen molar-refractivity contribution in [1.82, 2.24) is 4.98 Å². The second kappa shape index (κ2) is 7.69. The van der Waals surface area contributed by atoms with Crippen LogP contribution in [0.2, 0.25) is 0 Å². The second-order valence-corrected chi connectivity index (χ2v) is 5.45. The Hall–Kier alpha value is -2.01. The van der Waals surface area contributed by atoms with E-state index in [9.17, 15) is 4.79 Å². The molecule has 1 heterocycles. The van der Waals surface area contributed by atoms with Gasteiger partial charge in [0, 0.05) is 10.6 Å². The van der Waals surface area contributed by atoms with Gasteiger partial charge >= 0.3 is 0 Å². The zero-order chi connectivity index (χ0) is 15.1. The fraction of sp³-hybridized carbons (Fsp3) is 0.250. The summed E-state index contributed by atoms with van der Waals surface area (Å²) in [5.41, 5.74) is 0.881. The van der Waals surface area contributed by atoms with E-state index in [0.717, 1.165) is 16.3 Å². The van der Waals surface area contributed by atoms with Crippen molar-refractivity contribution >= 4 is 23.5 Å². The smallest absolute Gasteiger partial charge is 0.235 e. The Morgan fingerprint density at radius 2 is 2.00 bits per heavy atom. The summed E-state index contributed by atoms with van der Waals surface area (Å²) in [4.78, 5) is 17.1. The van der Waals surface area contributed by atoms with E-state index >= 15 is 0 Å². The van der Waals surface area contributed by atoms with Crippen LogP contribution in [0, 0.1) is 6.92 Å². The molecule has 0 atom stereocenters. The number of rotatable bonds is 6. The largest absolute Gasteiger partial charge is 0.494 e. The lowest BCUT2D eigenvalue weighted by Gasteiger charge is -2.06. The van der Waals surface area contributed by atoms with Crippen LogP contribution >= 0.6 is 11.8 Å². The van der Waals surface area contributed by atoms with Gasteiger partial charge in [-0.05, 0) is 50.2 Å². The van der Waals surface area contributed by atoms with Crippen molar-refractivity contribution in [2.45, 2.75) is 18.7 Å². The number of carbonyl (C=O) groups is 1. The Balaban J connectivity index is 1.83. The number of thioether (sulfide) groups is 1. The zero-order valence-electron chi connectivity index (χ0n) is 12.1. The highest BCUT2D eigenvalue weighted by Gasteiger charge is 2.05. The molecule has 1 aromatic carbocycles. The monoisotopic (exact) mass is 302 g/mol. The predicted molar refractivity (Wildman–Crippen MR) is 85.9 cm³/mol. The van der Waals surface area contributed by atoms with Crippen LogP contribution in [0.5, 0.6) is 5.75 Å². The molecular weight excluding hydrogens is 284 g/mol. The summed E-state index contributed by atoms with van der Waals surface area (Å²) in [6.45, 7) is 4.50. The third kappa shape index (κ3) is 5.11. The number of nitrogens with one attached hydrogen (secondary N) is 1. The zero-order valence-corrected chi connectivity index (χ0v) is 12.9. The summed E-state index contributed by atoms with van der Waals surface area (Å²) in [7, 11) is 0. The van der Waals surface area contributed by atoms with Crippen molar-refractivity contribution in [2.75, 3.05) is 17.7 Å². The van der Waals surface area contributed by atoms with Gasteiger partial charge in [0.15, 0.2) is 0 Å². The van der Waals surface area contributed by atoms with Gasteiger partial charge in [-0.3, -0.25) is 4.79 Å². The minimum Gasteiger partial charge on any atom is -0.494 e. The number of aromatic nitrogens is 1. The first kappa shape index (κ1) is 15.4. The number of nitrogens with zero attached hydrogens (tertiary/aromatic N) is 1. The van der Waals surface area contributed by atoms with Gasteiger partial charge in [0.2, 0.25) is 5.91 Å². The number of hydrogen-bond acceptors (Lipinski definition) is 4. The molecule has 0 aliphatic heterocycles. The van der Waals surface area contributed by atoms with E-state index < -0.39 is 0 Å². The van der Waals surface area contributed by atoms with Crippen molar-refractivity contribution in [3.63, 3.8) is 0 Å². The molecule has 2 aromatic rings. The van der Waals surface area contributed by atoms with Crippen molar-refractivity contribution in [2.24, 2.45) is 0 Å². The number of carbonyl (C=O) groups excluding carboxylic acids is 1. The molecule has 0 saturated carbocycles. The van der Waals surface area contributed by atoms with E-state index in [1.165, 1.54) is 11.8 Å². The third-order valence-electron chi connectivity index (χ3n) is 2.66. The molecule has 5 heteroatoms. The number of pyridine rings is 1. The molecule has 0 bridgehead atoms. The van der Waals surface area contributed by atoms with Crippen molar-refractivity contribution in [3.05, 3.63) is 48.2 Å². The SMILES string of the molecule is CCOc1ccc(SCC(=O)Nc2cccc(C)n2)cc1. The fourth-order valence-corrected chi connectivity index (χ4v) is 2.44. The van der Waals surface area contributed by atoms with Gasteiger partial charge < -0.3 is 10.1 Å². The Labute approximate surface area is 128 Å². The van der Waals surface area contributed by atoms with Gasteiger partial charge in [0.05, 0.1) is 12.4 Å². The fourth-order valence-electron chi connectivity index (χ4n) is 1.74. The summed E-state index contributed by atoms with van der Waals surface area (Å²) in [6.07, 6.45) is 0. The van der Waals surface area contributed by atoms with Crippen molar-refractivity contribution < 1.29 is 9.53 Å². The maximum Gasteiger partial charge on any atom is 0.235 e. The maximum atomic E-state index is 11.9. The molecule has 0 fully saturated rings. The van der Waals surface area contributed by atoms with Gasteiger partial charge in [0.25, 0.3) is 0 Å². The number of benzene rings is 1. The molecule has 4 nitrogen and oxygen atoms in total. The number of aryl methyl sites for hydroxylation is 1. The average Bonchev–Trinajstić information content (AvgIpc) is 2.47. The molecule has 0 aliphatic carbocycles. The maximum absolute atomic E-state index is 11.9. The lowest BCUT2D eigenvalue weighted by molar-refractivity contribution is -0.113. The minimum atomic E-state index is -0.0630. The van der Waals surface area contributed by atoms with Crippen molar-refractivity contribution in [3.8, 4) is 5.75 Å². The molecule has 21 heavy (non-hydrogen) atoms. The number of hydrogen-bond donors (Lipinski definition) is 1. The molecule has 110 valence electrons. The number of ether oxygens (including phenoxy) is 1. The molecule has 2 rings (SSSR count). The highest BCUT2D eigenvalue weighted by atomic mass is 32.2. The molecule has 0 radical (unpaired) electrons. The first-order chi connectivity index (χ1) is 10.2. The van der Waals surface area contributed by atoms with Gasteiger partial charge in [-0.25, -0.2) is 4.98 Å². The summed E-state index contributed by atoms with van der Waals surface area (Å²) in [5, 5.41) is 2.79. The molecule has 1 aromatic heterocycles. The van der Waals surface area contributed by atoms with Crippen LogP contribution in [0.4, 0.5) is 5.82 Å². The van der Waals surface area contributed by atoms with Gasteiger partial charge in [-0.15, -0.1) is 11.8 Å². The topological polar surface area (TPSA) is 51.2 Å². The Morgan fingerprint density at radius 1 is 1.24 bits per heavy atom. The highest BCUT2D eigenvalue weighted by molar-refractivity contribution is 8.00. The lowest BCUT2D eigenvalue weighted by atomic mass is 10.3. The van der Waals surface area contributed by atoms with Crippen molar-refractivity contribution in [1.29, 1.82) is 0 Å². The first-order valence-corrected chi connectivity index (χ1v) is 7.75. The standard InChI is InChI=1S/C16H18N2O2S/c1-3-20-13-7-9-14(10-8-13)21-11-16(19)18-15-6-4-5-12(2)17-15/h4-10H,3,11H2,1-2H3,(H,17,18,19). The molecule has 0 saturated heterocycles. The Morgan fingerprint density at radius 3 is 2.67 bits per heavy atom. The van der Waals surface area contributed by atoms with Crippen LogP contribution in [0.25, 0.3) is 0 Å². The van der Waals surface area contributed by atoms with E-state index in [4.69, 9.17) is 4.74 Å². The Bertz CT molecular complexity index is 599. The predicted octanol–water partition coefficient (Wildman–Crippen LogP) is 3.52. The van der Waals surface area contributed by atoms with E-state index in [0.29, 0.717) is 18.2 Å². The average molecular weight is 302 g/mol. The first-order valence-electron chi connectivity index (χ1n) is 6.76. The summed E-state index contributed by atoms with van der Waals surface area (Å²) in [6, 6.07) is 13.3. The normalized spacial score (nSPS) is 10.2. The van der Waals surface area contributed by atoms with Crippen LogP contribution < -0.4 is 10.1 Å². The van der Waals surface area contributed by atoms with Crippen LogP contribution in [0.3, 0.4) is 0 Å². The van der Waals surface area contributed by atoms with Crippen LogP contribution in [0.1, 0.15) is 12.6 Å². The number of anilines is 1. The summed E-state index contributed by atoms with van der Waals surface area (Å²) >= 11 is 1.48. The van der Waals surface area contributed by atoms with E-state index in [1.54, 1.807) is 6.07 Å². The van der Waals surface area contributed by atoms with E-state index in [2.05, 4.69) is 10.3 Å². The number of amides is 1. The molecule has 0 unspecified atom stereocenters.